The SMILES string of the molecule is C=C(CCC(=O)CC)C1CCCC(=O)O1. The second-order valence-corrected chi connectivity index (χ2v) is 3.92. The number of cyclic esters (lactones) is 1. The Labute approximate surface area is 90.5 Å². The quantitative estimate of drug-likeness (QED) is 0.517. The first-order valence-electron chi connectivity index (χ1n) is 5.52. The van der Waals surface area contributed by atoms with Crippen LogP contribution >= 0.6 is 0 Å². The molecule has 1 rings (SSSR count). The predicted molar refractivity (Wildman–Crippen MR) is 57.4 cm³/mol. The molecule has 0 aromatic rings. The van der Waals surface area contributed by atoms with Crippen molar-refractivity contribution in [2.75, 3.05) is 0 Å². The zero-order valence-corrected chi connectivity index (χ0v) is 9.25. The molecule has 0 saturated carbocycles. The van der Waals surface area contributed by atoms with Crippen LogP contribution in [0, 0.1) is 0 Å². The van der Waals surface area contributed by atoms with Gasteiger partial charge in [0.25, 0.3) is 0 Å². The third kappa shape index (κ3) is 3.86. The van der Waals surface area contributed by atoms with E-state index in [1.54, 1.807) is 0 Å². The van der Waals surface area contributed by atoms with Crippen LogP contribution in [0.2, 0.25) is 0 Å². The van der Waals surface area contributed by atoms with Gasteiger partial charge in [0, 0.05) is 19.3 Å². The Morgan fingerprint density at radius 1 is 1.53 bits per heavy atom. The molecule has 0 N–H and O–H groups in total. The molecular weight excluding hydrogens is 192 g/mol. The average Bonchev–Trinajstić information content (AvgIpc) is 2.25. The van der Waals surface area contributed by atoms with Crippen molar-refractivity contribution >= 4 is 11.8 Å². The Morgan fingerprint density at radius 2 is 2.27 bits per heavy atom. The minimum Gasteiger partial charge on any atom is -0.458 e. The van der Waals surface area contributed by atoms with Gasteiger partial charge < -0.3 is 4.74 Å². The summed E-state index contributed by atoms with van der Waals surface area (Å²) in [5.41, 5.74) is 0.879. The molecule has 3 nitrogen and oxygen atoms in total. The molecule has 0 aromatic carbocycles. The maximum atomic E-state index is 11.1. The molecule has 0 aliphatic carbocycles. The van der Waals surface area contributed by atoms with E-state index >= 15 is 0 Å². The van der Waals surface area contributed by atoms with E-state index in [9.17, 15) is 9.59 Å². The molecule has 1 fully saturated rings. The zero-order valence-electron chi connectivity index (χ0n) is 9.25. The Balaban J connectivity index is 2.33. The lowest BCUT2D eigenvalue weighted by Crippen LogP contribution is -2.25. The first kappa shape index (κ1) is 12.0. The lowest BCUT2D eigenvalue weighted by atomic mass is 9.97. The molecule has 1 heterocycles. The summed E-state index contributed by atoms with van der Waals surface area (Å²) in [5.74, 6) is 0.0903. The molecule has 1 unspecified atom stereocenters. The highest BCUT2D eigenvalue weighted by Gasteiger charge is 2.22. The summed E-state index contributed by atoms with van der Waals surface area (Å²) in [6.45, 7) is 5.74. The summed E-state index contributed by atoms with van der Waals surface area (Å²) in [6.07, 6.45) is 3.80. The summed E-state index contributed by atoms with van der Waals surface area (Å²) in [5, 5.41) is 0. The second kappa shape index (κ2) is 5.69. The molecule has 3 heteroatoms. The van der Waals surface area contributed by atoms with E-state index in [0.29, 0.717) is 25.7 Å². The molecule has 15 heavy (non-hydrogen) atoms. The van der Waals surface area contributed by atoms with Crippen molar-refractivity contribution in [1.82, 2.24) is 0 Å². The van der Waals surface area contributed by atoms with Crippen molar-refractivity contribution in [3.05, 3.63) is 12.2 Å². The highest BCUT2D eigenvalue weighted by Crippen LogP contribution is 2.22. The predicted octanol–water partition coefficient (Wildman–Crippen LogP) is 2.40. The average molecular weight is 210 g/mol. The minimum absolute atomic E-state index is 0.144. The van der Waals surface area contributed by atoms with Crippen molar-refractivity contribution in [1.29, 1.82) is 0 Å². The van der Waals surface area contributed by atoms with Crippen LogP contribution < -0.4 is 0 Å². The fourth-order valence-corrected chi connectivity index (χ4v) is 1.63. The molecule has 0 spiro atoms. The topological polar surface area (TPSA) is 43.4 Å². The third-order valence-electron chi connectivity index (χ3n) is 2.70. The molecule has 1 aliphatic heterocycles. The van der Waals surface area contributed by atoms with Crippen LogP contribution in [0.3, 0.4) is 0 Å². The van der Waals surface area contributed by atoms with Gasteiger partial charge in [0.2, 0.25) is 0 Å². The van der Waals surface area contributed by atoms with Crippen LogP contribution in [-0.2, 0) is 14.3 Å². The maximum Gasteiger partial charge on any atom is 0.306 e. The van der Waals surface area contributed by atoms with Gasteiger partial charge in [-0.1, -0.05) is 13.5 Å². The Kier molecular flexibility index (Phi) is 4.53. The van der Waals surface area contributed by atoms with Crippen LogP contribution in [0.1, 0.15) is 45.4 Å². The molecular formula is C12H18O3. The number of ether oxygens (including phenoxy) is 1. The smallest absolute Gasteiger partial charge is 0.306 e. The van der Waals surface area contributed by atoms with Crippen LogP contribution in [-0.4, -0.2) is 17.9 Å². The molecule has 1 saturated heterocycles. The fraction of sp³-hybridized carbons (Fsp3) is 0.667. The number of hydrogen-bond acceptors (Lipinski definition) is 3. The Morgan fingerprint density at radius 3 is 2.87 bits per heavy atom. The van der Waals surface area contributed by atoms with Crippen molar-refractivity contribution in [3.8, 4) is 0 Å². The summed E-state index contributed by atoms with van der Waals surface area (Å²) in [6, 6.07) is 0. The number of rotatable bonds is 5. The lowest BCUT2D eigenvalue weighted by Gasteiger charge is -2.23. The summed E-state index contributed by atoms with van der Waals surface area (Å²) < 4.78 is 5.16. The first-order valence-corrected chi connectivity index (χ1v) is 5.52. The van der Waals surface area contributed by atoms with E-state index in [2.05, 4.69) is 6.58 Å². The summed E-state index contributed by atoms with van der Waals surface area (Å²) in [4.78, 5) is 22.2. The van der Waals surface area contributed by atoms with Gasteiger partial charge in [-0.3, -0.25) is 9.59 Å². The van der Waals surface area contributed by atoms with Gasteiger partial charge in [-0.15, -0.1) is 0 Å². The second-order valence-electron chi connectivity index (χ2n) is 3.92. The molecule has 0 aromatic heterocycles. The van der Waals surface area contributed by atoms with E-state index in [1.165, 1.54) is 0 Å². The highest BCUT2D eigenvalue weighted by molar-refractivity contribution is 5.78. The van der Waals surface area contributed by atoms with Crippen molar-refractivity contribution in [3.63, 3.8) is 0 Å². The van der Waals surface area contributed by atoms with E-state index in [0.717, 1.165) is 18.4 Å². The molecule has 0 amide bonds. The van der Waals surface area contributed by atoms with Crippen LogP contribution in [0.4, 0.5) is 0 Å². The van der Waals surface area contributed by atoms with E-state index < -0.39 is 0 Å². The van der Waals surface area contributed by atoms with Crippen LogP contribution in [0.5, 0.6) is 0 Å². The normalized spacial score (nSPS) is 20.9. The van der Waals surface area contributed by atoms with Crippen LogP contribution in [0.15, 0.2) is 12.2 Å². The van der Waals surface area contributed by atoms with Crippen molar-refractivity contribution < 1.29 is 14.3 Å². The van der Waals surface area contributed by atoms with Gasteiger partial charge in [0.15, 0.2) is 0 Å². The van der Waals surface area contributed by atoms with Crippen molar-refractivity contribution in [2.45, 2.75) is 51.6 Å². The lowest BCUT2D eigenvalue weighted by molar-refractivity contribution is -0.151. The van der Waals surface area contributed by atoms with Gasteiger partial charge in [0.05, 0.1) is 0 Å². The number of ketones is 1. The molecule has 1 atom stereocenters. The number of carbonyl (C=O) groups excluding carboxylic acids is 2. The van der Waals surface area contributed by atoms with E-state index in [-0.39, 0.29) is 17.9 Å². The van der Waals surface area contributed by atoms with Gasteiger partial charge in [0.1, 0.15) is 11.9 Å². The van der Waals surface area contributed by atoms with E-state index in [1.807, 2.05) is 6.92 Å². The number of hydrogen-bond donors (Lipinski definition) is 0. The van der Waals surface area contributed by atoms with E-state index in [4.69, 9.17) is 4.74 Å². The largest absolute Gasteiger partial charge is 0.458 e. The monoisotopic (exact) mass is 210 g/mol. The summed E-state index contributed by atoms with van der Waals surface area (Å²) in [7, 11) is 0. The molecule has 0 radical (unpaired) electrons. The first-order chi connectivity index (χ1) is 7.13. The van der Waals surface area contributed by atoms with Crippen LogP contribution in [0.25, 0.3) is 0 Å². The number of carbonyl (C=O) groups is 2. The molecule has 0 bridgehead atoms. The maximum absolute atomic E-state index is 11.1. The van der Waals surface area contributed by atoms with Gasteiger partial charge in [-0.2, -0.15) is 0 Å². The van der Waals surface area contributed by atoms with Crippen molar-refractivity contribution in [2.24, 2.45) is 0 Å². The Hall–Kier alpha value is -1.12. The number of esters is 1. The molecule has 1 aliphatic rings. The number of Topliss-reactive ketones (excluding diaryl/α,β-unsaturated/α-hetero) is 1. The van der Waals surface area contributed by atoms with Gasteiger partial charge in [-0.05, 0) is 24.8 Å². The Bertz CT molecular complexity index is 268. The highest BCUT2D eigenvalue weighted by atomic mass is 16.5. The third-order valence-corrected chi connectivity index (χ3v) is 2.70. The van der Waals surface area contributed by atoms with Gasteiger partial charge >= 0.3 is 5.97 Å². The standard InChI is InChI=1S/C12H18O3/c1-3-10(13)8-7-9(2)11-5-4-6-12(14)15-11/h11H,2-8H2,1H3. The van der Waals surface area contributed by atoms with Gasteiger partial charge in [-0.25, -0.2) is 0 Å². The minimum atomic E-state index is -0.157. The molecule has 84 valence electrons. The summed E-state index contributed by atoms with van der Waals surface area (Å²) >= 11 is 0. The zero-order chi connectivity index (χ0) is 11.3. The fourth-order valence-electron chi connectivity index (χ4n) is 1.63.